The van der Waals surface area contributed by atoms with E-state index in [9.17, 15) is 5.11 Å². The van der Waals surface area contributed by atoms with Crippen LogP contribution in [-0.4, -0.2) is 11.2 Å². The SMILES string of the molecule is CCCC(C)CC1(C(C)O)CC1. The molecule has 72 valence electrons. The molecule has 1 aliphatic carbocycles. The van der Waals surface area contributed by atoms with Crippen LogP contribution in [0.1, 0.15) is 52.9 Å². The monoisotopic (exact) mass is 170 g/mol. The Morgan fingerprint density at radius 3 is 2.25 bits per heavy atom. The Kier molecular flexibility index (Phi) is 3.16. The molecule has 1 saturated carbocycles. The molecule has 1 nitrogen and oxygen atoms in total. The van der Waals surface area contributed by atoms with E-state index in [0.717, 1.165) is 5.92 Å². The van der Waals surface area contributed by atoms with Crippen LogP contribution >= 0.6 is 0 Å². The Balaban J connectivity index is 2.30. The molecule has 2 atom stereocenters. The molecule has 2 unspecified atom stereocenters. The lowest BCUT2D eigenvalue weighted by atomic mass is 9.87. The summed E-state index contributed by atoms with van der Waals surface area (Å²) in [4.78, 5) is 0. The van der Waals surface area contributed by atoms with Crippen LogP contribution in [0.25, 0.3) is 0 Å². The molecule has 0 spiro atoms. The molecule has 0 aromatic rings. The quantitative estimate of drug-likeness (QED) is 0.672. The number of rotatable bonds is 5. The van der Waals surface area contributed by atoms with Crippen LogP contribution in [0.2, 0.25) is 0 Å². The van der Waals surface area contributed by atoms with Crippen molar-refractivity contribution in [3.05, 3.63) is 0 Å². The second-order valence-corrected chi connectivity index (χ2v) is 4.64. The van der Waals surface area contributed by atoms with Gasteiger partial charge in [-0.1, -0.05) is 26.7 Å². The Hall–Kier alpha value is -0.0400. The zero-order valence-corrected chi connectivity index (χ0v) is 8.64. The fourth-order valence-corrected chi connectivity index (χ4v) is 2.24. The van der Waals surface area contributed by atoms with Crippen molar-refractivity contribution in [2.75, 3.05) is 0 Å². The van der Waals surface area contributed by atoms with Gasteiger partial charge in [0.2, 0.25) is 0 Å². The molecule has 0 aromatic heterocycles. The maximum atomic E-state index is 9.56. The van der Waals surface area contributed by atoms with E-state index in [2.05, 4.69) is 13.8 Å². The lowest BCUT2D eigenvalue weighted by Gasteiger charge is -2.22. The molecule has 0 bridgehead atoms. The van der Waals surface area contributed by atoms with Gasteiger partial charge >= 0.3 is 0 Å². The number of aliphatic hydroxyl groups excluding tert-OH is 1. The predicted molar refractivity (Wildman–Crippen MR) is 52.0 cm³/mol. The third-order valence-electron chi connectivity index (χ3n) is 3.31. The van der Waals surface area contributed by atoms with Gasteiger partial charge in [0, 0.05) is 0 Å². The number of hydrogen-bond donors (Lipinski definition) is 1. The van der Waals surface area contributed by atoms with Gasteiger partial charge in [-0.25, -0.2) is 0 Å². The van der Waals surface area contributed by atoms with Gasteiger partial charge in [0.05, 0.1) is 6.10 Å². The Bertz CT molecular complexity index is 136. The molecule has 0 aromatic carbocycles. The van der Waals surface area contributed by atoms with Crippen molar-refractivity contribution < 1.29 is 5.11 Å². The molecule has 1 fully saturated rings. The standard InChI is InChI=1S/C11H22O/c1-4-5-9(2)8-11(6-7-11)10(3)12/h9-10,12H,4-8H2,1-3H3. The van der Waals surface area contributed by atoms with Gasteiger partial charge in [0.15, 0.2) is 0 Å². The molecule has 12 heavy (non-hydrogen) atoms. The first kappa shape index (κ1) is 10.0. The van der Waals surface area contributed by atoms with Crippen molar-refractivity contribution in [1.82, 2.24) is 0 Å². The molecular weight excluding hydrogens is 148 g/mol. The van der Waals surface area contributed by atoms with E-state index in [4.69, 9.17) is 0 Å². The minimum atomic E-state index is -0.0863. The van der Waals surface area contributed by atoms with Gasteiger partial charge in [-0.2, -0.15) is 0 Å². The summed E-state index contributed by atoms with van der Waals surface area (Å²) in [6, 6.07) is 0. The first-order valence-corrected chi connectivity index (χ1v) is 5.29. The minimum Gasteiger partial charge on any atom is -0.393 e. The molecule has 0 heterocycles. The van der Waals surface area contributed by atoms with E-state index < -0.39 is 0 Å². The van der Waals surface area contributed by atoms with Gasteiger partial charge in [-0.05, 0) is 37.5 Å². The van der Waals surface area contributed by atoms with E-state index >= 15 is 0 Å². The maximum absolute atomic E-state index is 9.56. The van der Waals surface area contributed by atoms with E-state index in [0.29, 0.717) is 5.41 Å². The van der Waals surface area contributed by atoms with Crippen LogP contribution in [0.5, 0.6) is 0 Å². The molecule has 1 N–H and O–H groups in total. The second-order valence-electron chi connectivity index (χ2n) is 4.64. The summed E-state index contributed by atoms with van der Waals surface area (Å²) in [5, 5.41) is 9.56. The zero-order chi connectivity index (χ0) is 9.19. The predicted octanol–water partition coefficient (Wildman–Crippen LogP) is 2.97. The molecule has 1 heteroatoms. The van der Waals surface area contributed by atoms with Crippen molar-refractivity contribution in [2.24, 2.45) is 11.3 Å². The smallest absolute Gasteiger partial charge is 0.0568 e. The third kappa shape index (κ3) is 2.22. The van der Waals surface area contributed by atoms with Crippen molar-refractivity contribution in [3.63, 3.8) is 0 Å². The Labute approximate surface area is 76.2 Å². The molecule has 0 radical (unpaired) electrons. The summed E-state index contributed by atoms with van der Waals surface area (Å²) < 4.78 is 0. The summed E-state index contributed by atoms with van der Waals surface area (Å²) in [5.41, 5.74) is 0.328. The van der Waals surface area contributed by atoms with Gasteiger partial charge in [-0.15, -0.1) is 0 Å². The molecule has 0 aliphatic heterocycles. The van der Waals surface area contributed by atoms with E-state index in [-0.39, 0.29) is 6.10 Å². The van der Waals surface area contributed by atoms with Crippen molar-refractivity contribution in [3.8, 4) is 0 Å². The van der Waals surface area contributed by atoms with Crippen molar-refractivity contribution in [1.29, 1.82) is 0 Å². The highest BCUT2D eigenvalue weighted by Crippen LogP contribution is 2.53. The van der Waals surface area contributed by atoms with Gasteiger partial charge in [0.1, 0.15) is 0 Å². The summed E-state index contributed by atoms with van der Waals surface area (Å²) in [5.74, 6) is 0.798. The summed E-state index contributed by atoms with van der Waals surface area (Å²) in [7, 11) is 0. The third-order valence-corrected chi connectivity index (χ3v) is 3.31. The zero-order valence-electron chi connectivity index (χ0n) is 8.64. The van der Waals surface area contributed by atoms with Gasteiger partial charge in [0.25, 0.3) is 0 Å². The first-order valence-electron chi connectivity index (χ1n) is 5.29. The Morgan fingerprint density at radius 1 is 1.33 bits per heavy atom. The lowest BCUT2D eigenvalue weighted by Crippen LogP contribution is -2.20. The minimum absolute atomic E-state index is 0.0863. The van der Waals surface area contributed by atoms with Crippen LogP contribution in [0.15, 0.2) is 0 Å². The molecule has 0 saturated heterocycles. The van der Waals surface area contributed by atoms with Crippen LogP contribution in [-0.2, 0) is 0 Å². The fourth-order valence-electron chi connectivity index (χ4n) is 2.24. The largest absolute Gasteiger partial charge is 0.393 e. The summed E-state index contributed by atoms with van der Waals surface area (Å²) in [6.45, 7) is 6.50. The molecule has 1 rings (SSSR count). The van der Waals surface area contributed by atoms with Gasteiger partial charge < -0.3 is 5.11 Å². The first-order chi connectivity index (χ1) is 5.60. The van der Waals surface area contributed by atoms with Crippen LogP contribution in [0, 0.1) is 11.3 Å². The van der Waals surface area contributed by atoms with Crippen LogP contribution in [0.3, 0.4) is 0 Å². The van der Waals surface area contributed by atoms with E-state index in [1.807, 2.05) is 6.92 Å². The average Bonchev–Trinajstić information content (AvgIpc) is 2.69. The average molecular weight is 170 g/mol. The van der Waals surface area contributed by atoms with Crippen LogP contribution in [0.4, 0.5) is 0 Å². The Morgan fingerprint density at radius 2 is 1.92 bits per heavy atom. The van der Waals surface area contributed by atoms with Crippen molar-refractivity contribution >= 4 is 0 Å². The highest BCUT2D eigenvalue weighted by molar-refractivity contribution is 4.97. The van der Waals surface area contributed by atoms with E-state index in [1.165, 1.54) is 32.1 Å². The topological polar surface area (TPSA) is 20.2 Å². The lowest BCUT2D eigenvalue weighted by molar-refractivity contribution is 0.0928. The van der Waals surface area contributed by atoms with Crippen LogP contribution < -0.4 is 0 Å². The highest BCUT2D eigenvalue weighted by atomic mass is 16.3. The molecule has 1 aliphatic rings. The van der Waals surface area contributed by atoms with Gasteiger partial charge in [-0.3, -0.25) is 0 Å². The molecule has 0 amide bonds. The van der Waals surface area contributed by atoms with E-state index in [1.54, 1.807) is 0 Å². The number of aliphatic hydroxyl groups is 1. The number of hydrogen-bond acceptors (Lipinski definition) is 1. The summed E-state index contributed by atoms with van der Waals surface area (Å²) in [6.07, 6.45) is 6.23. The fraction of sp³-hybridized carbons (Fsp3) is 1.00. The molecular formula is C11H22O. The highest BCUT2D eigenvalue weighted by Gasteiger charge is 2.46. The normalized spacial score (nSPS) is 25.0. The second kappa shape index (κ2) is 3.78. The summed E-state index contributed by atoms with van der Waals surface area (Å²) >= 11 is 0. The maximum Gasteiger partial charge on any atom is 0.0568 e. The van der Waals surface area contributed by atoms with Crippen molar-refractivity contribution in [2.45, 2.75) is 59.0 Å².